The minimum atomic E-state index is -5.80. The van der Waals surface area contributed by atoms with Crippen molar-refractivity contribution in [3.05, 3.63) is 47.2 Å². The molecule has 0 aromatic heterocycles. The van der Waals surface area contributed by atoms with E-state index in [4.69, 9.17) is 4.74 Å². The molecule has 4 nitrogen and oxygen atoms in total. The van der Waals surface area contributed by atoms with Gasteiger partial charge in [0.15, 0.2) is 0 Å². The van der Waals surface area contributed by atoms with Crippen molar-refractivity contribution in [3.63, 3.8) is 0 Å². The highest BCUT2D eigenvalue weighted by molar-refractivity contribution is 7.87. The fourth-order valence-electron chi connectivity index (χ4n) is 1.90. The minimum Gasteiger partial charge on any atom is -0.381 e. The molecule has 1 atom stereocenters. The molecule has 0 fully saturated rings. The summed E-state index contributed by atoms with van der Waals surface area (Å²) in [5.74, 6) is -0.483. The lowest BCUT2D eigenvalue weighted by molar-refractivity contribution is -0.137. The van der Waals surface area contributed by atoms with Gasteiger partial charge in [-0.15, -0.1) is 0 Å². The summed E-state index contributed by atoms with van der Waals surface area (Å²) in [7, 11) is -5.80. The van der Waals surface area contributed by atoms with Crippen molar-refractivity contribution in [3.8, 4) is 0 Å². The standard InChI is InChI=1S/C13H10F6O4S/c14-12(15,16)9-3-1-8(2-4-9)11-7-10(5-6-22-11)23-24(20,21)13(17,18)19/h1-4,7,11H,5-6H2. The minimum absolute atomic E-state index is 0.148. The molecule has 11 heteroatoms. The third-order valence-corrected chi connectivity index (χ3v) is 4.05. The number of halogens is 6. The van der Waals surface area contributed by atoms with Gasteiger partial charge in [-0.2, -0.15) is 34.8 Å². The number of hydrogen-bond donors (Lipinski definition) is 0. The Morgan fingerprint density at radius 1 is 1.04 bits per heavy atom. The van der Waals surface area contributed by atoms with E-state index in [0.717, 1.165) is 30.3 Å². The monoisotopic (exact) mass is 376 g/mol. The van der Waals surface area contributed by atoms with Crippen LogP contribution >= 0.6 is 0 Å². The van der Waals surface area contributed by atoms with Crippen LogP contribution in [0, 0.1) is 0 Å². The second-order valence-electron chi connectivity index (χ2n) is 4.78. The second-order valence-corrected chi connectivity index (χ2v) is 6.32. The highest BCUT2D eigenvalue weighted by Gasteiger charge is 2.49. The molecule has 0 saturated carbocycles. The Balaban J connectivity index is 2.21. The maximum atomic E-state index is 12.5. The lowest BCUT2D eigenvalue weighted by Crippen LogP contribution is -2.26. The zero-order chi connectivity index (χ0) is 18.2. The smallest absolute Gasteiger partial charge is 0.381 e. The van der Waals surface area contributed by atoms with Gasteiger partial charge in [0.05, 0.1) is 12.2 Å². The predicted octanol–water partition coefficient (Wildman–Crippen LogP) is 3.92. The summed E-state index contributed by atoms with van der Waals surface area (Å²) in [6.45, 7) is -0.148. The van der Waals surface area contributed by atoms with Gasteiger partial charge < -0.3 is 8.92 Å². The summed E-state index contributed by atoms with van der Waals surface area (Å²) in [4.78, 5) is 0. The van der Waals surface area contributed by atoms with Gasteiger partial charge in [-0.05, 0) is 23.8 Å². The molecule has 24 heavy (non-hydrogen) atoms. The van der Waals surface area contributed by atoms with Gasteiger partial charge in [0, 0.05) is 6.42 Å². The van der Waals surface area contributed by atoms with Crippen LogP contribution in [0.5, 0.6) is 0 Å². The van der Waals surface area contributed by atoms with Crippen LogP contribution in [-0.2, 0) is 25.2 Å². The van der Waals surface area contributed by atoms with Crippen molar-refractivity contribution in [1.29, 1.82) is 0 Å². The molecule has 2 rings (SSSR count). The number of ether oxygens (including phenoxy) is 1. The lowest BCUT2D eigenvalue weighted by Gasteiger charge is -2.22. The van der Waals surface area contributed by atoms with Crippen LogP contribution in [0.4, 0.5) is 26.3 Å². The van der Waals surface area contributed by atoms with Crippen LogP contribution in [0.3, 0.4) is 0 Å². The molecule has 134 valence electrons. The van der Waals surface area contributed by atoms with Crippen LogP contribution in [0.2, 0.25) is 0 Å². The summed E-state index contributed by atoms with van der Waals surface area (Å²) in [6, 6.07) is 3.75. The van der Waals surface area contributed by atoms with Crippen molar-refractivity contribution in [2.75, 3.05) is 6.61 Å². The molecule has 1 aromatic carbocycles. The summed E-state index contributed by atoms with van der Waals surface area (Å²) in [5, 5.41) is 0. The Hall–Kier alpha value is -1.75. The number of hydrogen-bond acceptors (Lipinski definition) is 4. The first kappa shape index (κ1) is 18.6. The molecule has 1 aliphatic rings. The van der Waals surface area contributed by atoms with Gasteiger partial charge >= 0.3 is 21.8 Å². The third-order valence-electron chi connectivity index (χ3n) is 3.05. The molecule has 0 saturated heterocycles. The largest absolute Gasteiger partial charge is 0.534 e. The van der Waals surface area contributed by atoms with Gasteiger partial charge in [0.2, 0.25) is 0 Å². The van der Waals surface area contributed by atoms with E-state index in [-0.39, 0.29) is 18.6 Å². The van der Waals surface area contributed by atoms with Gasteiger partial charge in [-0.1, -0.05) is 12.1 Å². The van der Waals surface area contributed by atoms with E-state index < -0.39 is 39.2 Å². The average molecular weight is 376 g/mol. The molecular weight excluding hydrogens is 366 g/mol. The zero-order valence-electron chi connectivity index (χ0n) is 11.7. The first-order valence-electron chi connectivity index (χ1n) is 6.40. The van der Waals surface area contributed by atoms with Crippen molar-refractivity contribution in [2.45, 2.75) is 24.2 Å². The molecule has 0 aliphatic carbocycles. The molecular formula is C13H10F6O4S. The predicted molar refractivity (Wildman–Crippen MR) is 68.9 cm³/mol. The van der Waals surface area contributed by atoms with Crippen molar-refractivity contribution >= 4 is 10.1 Å². The summed E-state index contributed by atoms with van der Waals surface area (Å²) >= 11 is 0. The van der Waals surface area contributed by atoms with Gasteiger partial charge in [-0.3, -0.25) is 0 Å². The van der Waals surface area contributed by atoms with Crippen molar-refractivity contribution in [1.82, 2.24) is 0 Å². The van der Waals surface area contributed by atoms with E-state index in [9.17, 15) is 34.8 Å². The Labute approximate surface area is 132 Å². The maximum Gasteiger partial charge on any atom is 0.534 e. The van der Waals surface area contributed by atoms with Crippen LogP contribution in [-0.4, -0.2) is 20.5 Å². The van der Waals surface area contributed by atoms with Gasteiger partial charge in [0.1, 0.15) is 11.9 Å². The SMILES string of the molecule is O=S(=O)(OC1=CC(c2ccc(C(F)(F)F)cc2)OCC1)C(F)(F)F. The average Bonchev–Trinajstić information content (AvgIpc) is 2.45. The fraction of sp³-hybridized carbons (Fsp3) is 0.385. The van der Waals surface area contributed by atoms with Crippen LogP contribution in [0.25, 0.3) is 0 Å². The van der Waals surface area contributed by atoms with E-state index in [0.29, 0.717) is 0 Å². The first-order valence-corrected chi connectivity index (χ1v) is 7.81. The Bertz CT molecular complexity index is 718. The fourth-order valence-corrected chi connectivity index (χ4v) is 2.41. The van der Waals surface area contributed by atoms with E-state index in [1.54, 1.807) is 0 Å². The molecule has 1 aromatic rings. The molecule has 0 bridgehead atoms. The molecule has 0 amide bonds. The molecule has 0 N–H and O–H groups in total. The topological polar surface area (TPSA) is 52.6 Å². The van der Waals surface area contributed by atoms with Crippen molar-refractivity contribution in [2.24, 2.45) is 0 Å². The first-order chi connectivity index (χ1) is 10.9. The van der Waals surface area contributed by atoms with E-state index in [1.165, 1.54) is 0 Å². The highest BCUT2D eigenvalue weighted by atomic mass is 32.2. The Morgan fingerprint density at radius 2 is 1.62 bits per heavy atom. The maximum absolute atomic E-state index is 12.5. The quantitative estimate of drug-likeness (QED) is 0.456. The molecule has 1 unspecified atom stereocenters. The van der Waals surface area contributed by atoms with E-state index >= 15 is 0 Å². The van der Waals surface area contributed by atoms with Crippen LogP contribution < -0.4 is 0 Å². The Kier molecular flexibility index (Phi) is 4.86. The number of benzene rings is 1. The third kappa shape index (κ3) is 4.20. The van der Waals surface area contributed by atoms with Crippen molar-refractivity contribution < 1.29 is 43.7 Å². The van der Waals surface area contributed by atoms with E-state index in [1.807, 2.05) is 0 Å². The van der Waals surface area contributed by atoms with E-state index in [2.05, 4.69) is 4.18 Å². The second kappa shape index (κ2) is 6.28. The molecule has 1 heterocycles. The van der Waals surface area contributed by atoms with Gasteiger partial charge in [0.25, 0.3) is 0 Å². The highest BCUT2D eigenvalue weighted by Crippen LogP contribution is 2.34. The van der Waals surface area contributed by atoms with Crippen LogP contribution in [0.1, 0.15) is 23.7 Å². The normalized spacial score (nSPS) is 19.8. The van der Waals surface area contributed by atoms with Gasteiger partial charge in [-0.25, -0.2) is 0 Å². The number of alkyl halides is 6. The molecule has 0 radical (unpaired) electrons. The zero-order valence-corrected chi connectivity index (χ0v) is 12.5. The van der Waals surface area contributed by atoms with Crippen LogP contribution in [0.15, 0.2) is 36.1 Å². The summed E-state index contributed by atoms with van der Waals surface area (Å²) in [5.41, 5.74) is -6.26. The summed E-state index contributed by atoms with van der Waals surface area (Å²) < 4.78 is 105. The summed E-state index contributed by atoms with van der Waals surface area (Å²) in [6.07, 6.45) is -4.78. The number of rotatable bonds is 3. The Morgan fingerprint density at radius 3 is 2.12 bits per heavy atom. The molecule has 0 spiro atoms. The molecule has 1 aliphatic heterocycles. The lowest BCUT2D eigenvalue weighted by atomic mass is 10.0.